The molecule has 4 nitrogen and oxygen atoms in total. The highest BCUT2D eigenvalue weighted by Gasteiger charge is 2.09. The first-order valence-corrected chi connectivity index (χ1v) is 6.92. The third-order valence-electron chi connectivity index (χ3n) is 3.21. The van der Waals surface area contributed by atoms with Crippen LogP contribution < -0.4 is 5.32 Å². The fourth-order valence-electron chi connectivity index (χ4n) is 1.99. The molecule has 0 saturated heterocycles. The number of amides is 1. The monoisotopic (exact) mass is 295 g/mol. The maximum absolute atomic E-state index is 12.2. The summed E-state index contributed by atoms with van der Waals surface area (Å²) in [5.74, 6) is -0.0966. The Morgan fingerprint density at radius 1 is 1.32 bits per heavy atom. The number of nitrogens with one attached hydrogen (secondary N) is 1. The van der Waals surface area contributed by atoms with Crippen molar-refractivity contribution < 1.29 is 14.7 Å². The minimum atomic E-state index is -0.331. The average Bonchev–Trinajstić information content (AvgIpc) is 2.71. The van der Waals surface area contributed by atoms with Crippen LogP contribution in [0.5, 0.6) is 5.75 Å². The summed E-state index contributed by atoms with van der Waals surface area (Å²) in [5.41, 5.74) is 1.50. The predicted molar refractivity (Wildman–Crippen MR) is 86.8 cm³/mol. The zero-order valence-corrected chi connectivity index (χ0v) is 12.2. The predicted octanol–water partition coefficient (Wildman–Crippen LogP) is 3.39. The minimum absolute atomic E-state index is 0.120. The number of anilines is 1. The van der Waals surface area contributed by atoms with Gasteiger partial charge < -0.3 is 10.4 Å². The van der Waals surface area contributed by atoms with E-state index in [-0.39, 0.29) is 17.1 Å². The van der Waals surface area contributed by atoms with Crippen LogP contribution in [-0.4, -0.2) is 17.3 Å². The van der Waals surface area contributed by atoms with E-state index in [4.69, 9.17) is 0 Å². The molecule has 0 bridgehead atoms. The fourth-order valence-corrected chi connectivity index (χ4v) is 1.99. The molecular weight excluding hydrogens is 278 g/mol. The third kappa shape index (κ3) is 4.06. The summed E-state index contributed by atoms with van der Waals surface area (Å²) in [5, 5.41) is 12.2. The number of phenolic OH excluding ortho intramolecular Hbond substituents is 1. The molecular formula is C18H17NO3. The molecule has 4 heteroatoms. The number of allylic oxidation sites excluding steroid dienone is 8. The lowest BCUT2D eigenvalue weighted by atomic mass is 10.1. The Morgan fingerprint density at radius 2 is 2.14 bits per heavy atom. The minimum Gasteiger partial charge on any atom is -0.507 e. The SMILES string of the molecule is CC1C=CC=C(/C=C/C(=O)c2cc(NC=O)ccc2O)C=C1. The topological polar surface area (TPSA) is 66.4 Å². The number of phenols is 1. The van der Waals surface area contributed by atoms with Crippen LogP contribution in [0.25, 0.3) is 0 Å². The molecule has 22 heavy (non-hydrogen) atoms. The number of benzene rings is 1. The van der Waals surface area contributed by atoms with Crippen molar-refractivity contribution in [3.63, 3.8) is 0 Å². The van der Waals surface area contributed by atoms with Crippen molar-refractivity contribution >= 4 is 17.9 Å². The number of aromatic hydroxyl groups is 1. The molecule has 1 aliphatic rings. The van der Waals surface area contributed by atoms with Gasteiger partial charge in [0.1, 0.15) is 5.75 Å². The number of hydrogen-bond acceptors (Lipinski definition) is 3. The molecule has 1 amide bonds. The van der Waals surface area contributed by atoms with Gasteiger partial charge in [0.25, 0.3) is 0 Å². The number of hydrogen-bond donors (Lipinski definition) is 2. The number of ketones is 1. The van der Waals surface area contributed by atoms with Crippen molar-refractivity contribution in [3.05, 3.63) is 71.9 Å². The van der Waals surface area contributed by atoms with Gasteiger partial charge in [-0.05, 0) is 35.8 Å². The van der Waals surface area contributed by atoms with Crippen LogP contribution >= 0.6 is 0 Å². The van der Waals surface area contributed by atoms with Gasteiger partial charge in [0.15, 0.2) is 5.78 Å². The lowest BCUT2D eigenvalue weighted by Gasteiger charge is -2.04. The van der Waals surface area contributed by atoms with Gasteiger partial charge in [-0.1, -0.05) is 43.4 Å². The Hall–Kier alpha value is -2.88. The van der Waals surface area contributed by atoms with Crippen molar-refractivity contribution in [3.8, 4) is 5.75 Å². The summed E-state index contributed by atoms with van der Waals surface area (Å²) in [6.45, 7) is 2.07. The first-order chi connectivity index (χ1) is 10.6. The molecule has 0 heterocycles. The maximum Gasteiger partial charge on any atom is 0.211 e. The Labute approximate surface area is 129 Å². The summed E-state index contributed by atoms with van der Waals surface area (Å²) < 4.78 is 0. The van der Waals surface area contributed by atoms with Crippen molar-refractivity contribution in [2.24, 2.45) is 5.92 Å². The van der Waals surface area contributed by atoms with Gasteiger partial charge >= 0.3 is 0 Å². The number of rotatable bonds is 5. The van der Waals surface area contributed by atoms with Crippen LogP contribution in [-0.2, 0) is 4.79 Å². The first-order valence-electron chi connectivity index (χ1n) is 6.92. The molecule has 1 aromatic rings. The van der Waals surface area contributed by atoms with Gasteiger partial charge in [0, 0.05) is 5.69 Å². The Balaban J connectivity index is 2.18. The molecule has 0 spiro atoms. The van der Waals surface area contributed by atoms with Crippen LogP contribution in [0, 0.1) is 5.92 Å². The second kappa shape index (κ2) is 7.22. The Kier molecular flexibility index (Phi) is 5.09. The van der Waals surface area contributed by atoms with Gasteiger partial charge in [-0.3, -0.25) is 9.59 Å². The highest BCUT2D eigenvalue weighted by atomic mass is 16.3. The highest BCUT2D eigenvalue weighted by Crippen LogP contribution is 2.22. The molecule has 1 unspecified atom stereocenters. The summed E-state index contributed by atoms with van der Waals surface area (Å²) >= 11 is 0. The second-order valence-electron chi connectivity index (χ2n) is 4.96. The molecule has 2 rings (SSSR count). The van der Waals surface area contributed by atoms with Crippen molar-refractivity contribution in [1.82, 2.24) is 0 Å². The first kappa shape index (κ1) is 15.5. The standard InChI is InChI=1S/C18H17NO3/c1-13-3-2-4-14(6-5-13)7-9-17(21)16-11-15(19-12-20)8-10-18(16)22/h2-13,22H,1H3,(H,19,20)/b9-7+. The molecule has 0 saturated carbocycles. The van der Waals surface area contributed by atoms with E-state index in [1.165, 1.54) is 24.3 Å². The maximum atomic E-state index is 12.2. The Morgan fingerprint density at radius 3 is 2.91 bits per heavy atom. The van der Waals surface area contributed by atoms with E-state index in [1.807, 2.05) is 24.3 Å². The number of carbonyl (C=O) groups excluding carboxylic acids is 2. The van der Waals surface area contributed by atoms with E-state index in [0.717, 1.165) is 5.57 Å². The summed E-state index contributed by atoms with van der Waals surface area (Å²) in [6.07, 6.45) is 13.5. The average molecular weight is 295 g/mol. The summed E-state index contributed by atoms with van der Waals surface area (Å²) in [6, 6.07) is 4.34. The van der Waals surface area contributed by atoms with Crippen LogP contribution in [0.2, 0.25) is 0 Å². The second-order valence-corrected chi connectivity index (χ2v) is 4.96. The molecule has 0 radical (unpaired) electrons. The van der Waals surface area contributed by atoms with Gasteiger partial charge in [-0.2, -0.15) is 0 Å². The van der Waals surface area contributed by atoms with Crippen LogP contribution in [0.4, 0.5) is 5.69 Å². The lowest BCUT2D eigenvalue weighted by Crippen LogP contribution is -1.99. The quantitative estimate of drug-likeness (QED) is 0.379. The molecule has 1 aromatic carbocycles. The molecule has 0 aromatic heterocycles. The van der Waals surface area contributed by atoms with Gasteiger partial charge in [0.2, 0.25) is 6.41 Å². The van der Waals surface area contributed by atoms with Gasteiger partial charge in [-0.25, -0.2) is 0 Å². The van der Waals surface area contributed by atoms with Crippen LogP contribution in [0.15, 0.2) is 66.3 Å². The van der Waals surface area contributed by atoms with Crippen molar-refractivity contribution in [2.45, 2.75) is 6.92 Å². The lowest BCUT2D eigenvalue weighted by molar-refractivity contribution is -0.105. The third-order valence-corrected chi connectivity index (χ3v) is 3.21. The highest BCUT2D eigenvalue weighted by molar-refractivity contribution is 6.07. The number of carbonyl (C=O) groups is 2. The van der Waals surface area contributed by atoms with Gasteiger partial charge in [0.05, 0.1) is 5.56 Å². The Bertz CT molecular complexity index is 696. The van der Waals surface area contributed by atoms with E-state index >= 15 is 0 Å². The van der Waals surface area contributed by atoms with Crippen molar-refractivity contribution in [1.29, 1.82) is 0 Å². The zero-order valence-electron chi connectivity index (χ0n) is 12.2. The molecule has 0 fully saturated rings. The fraction of sp³-hybridized carbons (Fsp3) is 0.111. The van der Waals surface area contributed by atoms with Gasteiger partial charge in [-0.15, -0.1) is 0 Å². The van der Waals surface area contributed by atoms with E-state index in [0.29, 0.717) is 18.0 Å². The van der Waals surface area contributed by atoms with E-state index < -0.39 is 0 Å². The van der Waals surface area contributed by atoms with Crippen molar-refractivity contribution in [2.75, 3.05) is 5.32 Å². The van der Waals surface area contributed by atoms with E-state index in [1.54, 1.807) is 6.08 Å². The van der Waals surface area contributed by atoms with E-state index in [2.05, 4.69) is 18.3 Å². The summed E-state index contributed by atoms with van der Waals surface area (Å²) in [4.78, 5) is 22.6. The van der Waals surface area contributed by atoms with Crippen LogP contribution in [0.1, 0.15) is 17.3 Å². The largest absolute Gasteiger partial charge is 0.507 e. The zero-order chi connectivity index (χ0) is 15.9. The molecule has 1 aliphatic carbocycles. The molecule has 2 N–H and O–H groups in total. The van der Waals surface area contributed by atoms with Crippen LogP contribution in [0.3, 0.4) is 0 Å². The normalized spacial score (nSPS) is 17.1. The van der Waals surface area contributed by atoms with E-state index in [9.17, 15) is 14.7 Å². The molecule has 0 aliphatic heterocycles. The molecule has 112 valence electrons. The molecule has 1 atom stereocenters. The smallest absolute Gasteiger partial charge is 0.211 e. The summed E-state index contributed by atoms with van der Waals surface area (Å²) in [7, 11) is 0.